The molecule has 1 aliphatic heterocycles. The molecule has 1 fully saturated rings. The second-order valence-electron chi connectivity index (χ2n) is 4.81. The topological polar surface area (TPSA) is 23.5 Å². The second-order valence-corrected chi connectivity index (χ2v) is 4.81. The molecule has 1 rings (SSSR count). The molecule has 3 atom stereocenters. The van der Waals surface area contributed by atoms with Gasteiger partial charge in [0.15, 0.2) is 0 Å². The Morgan fingerprint density at radius 2 is 2.20 bits per heavy atom. The van der Waals surface area contributed by atoms with E-state index in [0.29, 0.717) is 19.4 Å². The van der Waals surface area contributed by atoms with Crippen LogP contribution in [0.1, 0.15) is 46.0 Å². The number of piperidine rings is 1. The van der Waals surface area contributed by atoms with Crippen molar-refractivity contribution in [3.05, 3.63) is 0 Å². The number of halogens is 2. The summed E-state index contributed by atoms with van der Waals surface area (Å²) in [6, 6.07) is -0.365. The van der Waals surface area contributed by atoms with Crippen LogP contribution in [0.15, 0.2) is 0 Å². The van der Waals surface area contributed by atoms with Crippen LogP contribution in [-0.2, 0) is 0 Å². The van der Waals surface area contributed by atoms with Crippen LogP contribution in [0.2, 0.25) is 0 Å². The smallest absolute Gasteiger partial charge is 0.109 e. The minimum absolute atomic E-state index is 0.220. The summed E-state index contributed by atoms with van der Waals surface area (Å²) in [6.45, 7) is 3.77. The zero-order valence-corrected chi connectivity index (χ0v) is 9.55. The second kappa shape index (κ2) is 5.21. The lowest BCUT2D eigenvalue weighted by Crippen LogP contribution is -2.44. The van der Waals surface area contributed by atoms with Crippen molar-refractivity contribution in [1.82, 2.24) is 5.06 Å². The van der Waals surface area contributed by atoms with Gasteiger partial charge in [-0.2, -0.15) is 5.06 Å². The van der Waals surface area contributed by atoms with Crippen LogP contribution in [-0.4, -0.2) is 34.7 Å². The molecule has 0 bridgehead atoms. The van der Waals surface area contributed by atoms with Crippen molar-refractivity contribution in [2.24, 2.45) is 0 Å². The lowest BCUT2D eigenvalue weighted by atomic mass is 9.89. The standard InChI is InChI=1S/C11H21F2NO/c1-3-5-11(2,13)8-10-7-9(12)4-6-14(10)15/h9-10,15H,3-8H2,1-2H3. The number of hydrogen-bond donors (Lipinski definition) is 1. The van der Waals surface area contributed by atoms with Gasteiger partial charge in [-0.3, -0.25) is 0 Å². The van der Waals surface area contributed by atoms with Gasteiger partial charge >= 0.3 is 0 Å². The van der Waals surface area contributed by atoms with Gasteiger partial charge in [0.1, 0.15) is 11.8 Å². The fourth-order valence-electron chi connectivity index (χ4n) is 2.29. The van der Waals surface area contributed by atoms with E-state index in [2.05, 4.69) is 0 Å². The average molecular weight is 221 g/mol. The summed E-state index contributed by atoms with van der Waals surface area (Å²) < 4.78 is 27.0. The van der Waals surface area contributed by atoms with Crippen molar-refractivity contribution >= 4 is 0 Å². The highest BCUT2D eigenvalue weighted by Gasteiger charge is 2.34. The molecule has 90 valence electrons. The van der Waals surface area contributed by atoms with Crippen molar-refractivity contribution < 1.29 is 14.0 Å². The molecular weight excluding hydrogens is 200 g/mol. The number of alkyl halides is 2. The van der Waals surface area contributed by atoms with Gasteiger partial charge in [-0.05, 0) is 32.6 Å². The van der Waals surface area contributed by atoms with E-state index in [1.54, 1.807) is 0 Å². The number of hydroxylamine groups is 2. The molecule has 0 amide bonds. The summed E-state index contributed by atoms with van der Waals surface area (Å²) in [7, 11) is 0. The maximum absolute atomic E-state index is 13.9. The van der Waals surface area contributed by atoms with Gasteiger partial charge in [0, 0.05) is 12.6 Å². The SMILES string of the molecule is CCCC(C)(F)CC1CC(F)CCN1O. The Morgan fingerprint density at radius 1 is 1.53 bits per heavy atom. The van der Waals surface area contributed by atoms with Crippen LogP contribution in [0.3, 0.4) is 0 Å². The predicted molar refractivity (Wildman–Crippen MR) is 55.4 cm³/mol. The third-order valence-electron chi connectivity index (χ3n) is 3.05. The third-order valence-corrected chi connectivity index (χ3v) is 3.05. The Morgan fingerprint density at radius 3 is 2.80 bits per heavy atom. The summed E-state index contributed by atoms with van der Waals surface area (Å²) in [6.07, 6.45) is 1.16. The van der Waals surface area contributed by atoms with E-state index in [1.807, 2.05) is 6.92 Å². The van der Waals surface area contributed by atoms with Crippen LogP contribution in [0.5, 0.6) is 0 Å². The summed E-state index contributed by atoms with van der Waals surface area (Å²) >= 11 is 0. The van der Waals surface area contributed by atoms with Gasteiger partial charge in [0.05, 0.1) is 0 Å². The van der Waals surface area contributed by atoms with Gasteiger partial charge in [0.25, 0.3) is 0 Å². The minimum Gasteiger partial charge on any atom is -0.314 e. The molecule has 0 radical (unpaired) electrons. The molecule has 2 nitrogen and oxygen atoms in total. The Bertz CT molecular complexity index is 199. The molecule has 0 aliphatic carbocycles. The van der Waals surface area contributed by atoms with Crippen molar-refractivity contribution in [3.8, 4) is 0 Å². The zero-order valence-electron chi connectivity index (χ0n) is 9.55. The highest BCUT2D eigenvalue weighted by Crippen LogP contribution is 2.30. The molecule has 0 aromatic rings. The van der Waals surface area contributed by atoms with Crippen molar-refractivity contribution in [1.29, 1.82) is 0 Å². The van der Waals surface area contributed by atoms with E-state index in [0.717, 1.165) is 11.5 Å². The largest absolute Gasteiger partial charge is 0.314 e. The van der Waals surface area contributed by atoms with E-state index in [-0.39, 0.29) is 18.9 Å². The lowest BCUT2D eigenvalue weighted by molar-refractivity contribution is -0.162. The minimum atomic E-state index is -1.29. The summed E-state index contributed by atoms with van der Waals surface area (Å²) in [5, 5.41) is 10.6. The number of nitrogens with zero attached hydrogens (tertiary/aromatic N) is 1. The summed E-state index contributed by atoms with van der Waals surface area (Å²) in [5.41, 5.74) is -1.29. The molecule has 3 unspecified atom stereocenters. The summed E-state index contributed by atoms with van der Waals surface area (Å²) in [5.74, 6) is 0. The highest BCUT2D eigenvalue weighted by atomic mass is 19.1. The van der Waals surface area contributed by atoms with E-state index in [4.69, 9.17) is 0 Å². The molecule has 0 saturated carbocycles. The van der Waals surface area contributed by atoms with Gasteiger partial charge < -0.3 is 5.21 Å². The summed E-state index contributed by atoms with van der Waals surface area (Å²) in [4.78, 5) is 0. The Hall–Kier alpha value is -0.220. The van der Waals surface area contributed by atoms with Crippen LogP contribution < -0.4 is 0 Å². The number of hydrogen-bond acceptors (Lipinski definition) is 2. The van der Waals surface area contributed by atoms with E-state index >= 15 is 0 Å². The Balaban J connectivity index is 2.47. The average Bonchev–Trinajstić information content (AvgIpc) is 2.10. The van der Waals surface area contributed by atoms with Crippen molar-refractivity contribution in [2.45, 2.75) is 63.8 Å². The maximum Gasteiger partial charge on any atom is 0.109 e. The molecule has 0 aromatic heterocycles. The normalized spacial score (nSPS) is 32.6. The molecule has 0 aromatic carbocycles. The quantitative estimate of drug-likeness (QED) is 0.788. The Labute approximate surface area is 90.2 Å². The molecule has 0 spiro atoms. The predicted octanol–water partition coefficient (Wildman–Crippen LogP) is 3.10. The third kappa shape index (κ3) is 4.03. The molecule has 1 N–H and O–H groups in total. The van der Waals surface area contributed by atoms with Crippen molar-refractivity contribution in [2.75, 3.05) is 6.54 Å². The first kappa shape index (κ1) is 12.8. The molecule has 1 saturated heterocycles. The monoisotopic (exact) mass is 221 g/mol. The van der Waals surface area contributed by atoms with Gasteiger partial charge in [-0.25, -0.2) is 8.78 Å². The van der Waals surface area contributed by atoms with Gasteiger partial charge in [-0.15, -0.1) is 0 Å². The van der Waals surface area contributed by atoms with E-state index < -0.39 is 11.8 Å². The molecular formula is C11H21F2NO. The zero-order chi connectivity index (χ0) is 11.5. The highest BCUT2D eigenvalue weighted by molar-refractivity contribution is 4.85. The molecule has 1 aliphatic rings. The van der Waals surface area contributed by atoms with E-state index in [9.17, 15) is 14.0 Å². The van der Waals surface area contributed by atoms with Gasteiger partial charge in [0.2, 0.25) is 0 Å². The van der Waals surface area contributed by atoms with Crippen LogP contribution in [0, 0.1) is 0 Å². The molecule has 1 heterocycles. The maximum atomic E-state index is 13.9. The first-order valence-corrected chi connectivity index (χ1v) is 5.73. The number of rotatable bonds is 4. The van der Waals surface area contributed by atoms with Crippen molar-refractivity contribution in [3.63, 3.8) is 0 Å². The van der Waals surface area contributed by atoms with E-state index in [1.165, 1.54) is 6.92 Å². The van der Waals surface area contributed by atoms with Crippen LogP contribution in [0.4, 0.5) is 8.78 Å². The Kier molecular flexibility index (Phi) is 4.46. The van der Waals surface area contributed by atoms with Crippen LogP contribution in [0.25, 0.3) is 0 Å². The fourth-order valence-corrected chi connectivity index (χ4v) is 2.29. The first-order chi connectivity index (χ1) is 6.94. The lowest BCUT2D eigenvalue weighted by Gasteiger charge is -2.35. The fraction of sp³-hybridized carbons (Fsp3) is 1.00. The van der Waals surface area contributed by atoms with Gasteiger partial charge in [-0.1, -0.05) is 13.3 Å². The van der Waals surface area contributed by atoms with Crippen LogP contribution >= 0.6 is 0 Å². The molecule has 15 heavy (non-hydrogen) atoms. The first-order valence-electron chi connectivity index (χ1n) is 5.73. The molecule has 4 heteroatoms.